The monoisotopic (exact) mass is 319 g/mol. The Bertz CT molecular complexity index is 645. The van der Waals surface area contributed by atoms with E-state index in [9.17, 15) is 9.18 Å². The first kappa shape index (κ1) is 15.1. The number of rotatable bonds is 5. The summed E-state index contributed by atoms with van der Waals surface area (Å²) in [6.07, 6.45) is 5.64. The maximum Gasteiger partial charge on any atom is 0.220 e. The van der Waals surface area contributed by atoms with Crippen LogP contribution >= 0.6 is 11.8 Å². The van der Waals surface area contributed by atoms with Gasteiger partial charge in [0.05, 0.1) is 6.04 Å². The van der Waals surface area contributed by atoms with Gasteiger partial charge in [0.2, 0.25) is 5.91 Å². The Morgan fingerprint density at radius 3 is 3.18 bits per heavy atom. The van der Waals surface area contributed by atoms with Crippen molar-refractivity contribution in [3.05, 3.63) is 48.0 Å². The van der Waals surface area contributed by atoms with Gasteiger partial charge >= 0.3 is 0 Å². The summed E-state index contributed by atoms with van der Waals surface area (Å²) in [5, 5.41) is 7.14. The lowest BCUT2D eigenvalue weighted by molar-refractivity contribution is -0.122. The van der Waals surface area contributed by atoms with E-state index in [1.54, 1.807) is 12.3 Å². The van der Waals surface area contributed by atoms with Crippen LogP contribution in [-0.2, 0) is 11.3 Å². The van der Waals surface area contributed by atoms with Crippen molar-refractivity contribution in [1.29, 1.82) is 0 Å². The Labute approximate surface area is 133 Å². The zero-order chi connectivity index (χ0) is 15.4. The predicted molar refractivity (Wildman–Crippen MR) is 84.1 cm³/mol. The van der Waals surface area contributed by atoms with Crippen molar-refractivity contribution in [2.75, 3.05) is 5.75 Å². The van der Waals surface area contributed by atoms with Gasteiger partial charge in [-0.25, -0.2) is 4.39 Å². The number of nitrogens with zero attached hydrogens (tertiary/aromatic N) is 2. The second-order valence-electron chi connectivity index (χ2n) is 5.29. The third kappa shape index (κ3) is 3.50. The molecule has 3 rings (SSSR count). The van der Waals surface area contributed by atoms with Crippen molar-refractivity contribution < 1.29 is 9.18 Å². The van der Waals surface area contributed by atoms with E-state index in [-0.39, 0.29) is 17.8 Å². The molecule has 1 aromatic heterocycles. The Morgan fingerprint density at radius 1 is 1.45 bits per heavy atom. The van der Waals surface area contributed by atoms with Crippen molar-refractivity contribution in [2.24, 2.45) is 0 Å². The molecule has 0 fully saturated rings. The highest BCUT2D eigenvalue weighted by atomic mass is 32.2. The van der Waals surface area contributed by atoms with Gasteiger partial charge in [0.15, 0.2) is 0 Å². The summed E-state index contributed by atoms with van der Waals surface area (Å²) in [7, 11) is 0. The minimum absolute atomic E-state index is 0.0132. The smallest absolute Gasteiger partial charge is 0.220 e. The van der Waals surface area contributed by atoms with Gasteiger partial charge in [-0.3, -0.25) is 9.48 Å². The fourth-order valence-corrected chi connectivity index (χ4v) is 3.78. The molecule has 2 heterocycles. The van der Waals surface area contributed by atoms with Crippen molar-refractivity contribution in [3.63, 3.8) is 0 Å². The van der Waals surface area contributed by atoms with E-state index in [1.807, 2.05) is 23.0 Å². The van der Waals surface area contributed by atoms with E-state index in [0.29, 0.717) is 11.3 Å². The molecule has 0 radical (unpaired) electrons. The van der Waals surface area contributed by atoms with Gasteiger partial charge in [0.25, 0.3) is 0 Å². The summed E-state index contributed by atoms with van der Waals surface area (Å²) in [5.74, 6) is 0.644. The molecule has 0 saturated heterocycles. The summed E-state index contributed by atoms with van der Waals surface area (Å²) < 4.78 is 15.6. The second-order valence-corrected chi connectivity index (χ2v) is 6.39. The number of halogens is 1. The van der Waals surface area contributed by atoms with Crippen LogP contribution in [-0.4, -0.2) is 21.4 Å². The van der Waals surface area contributed by atoms with Crippen molar-refractivity contribution in [2.45, 2.75) is 36.7 Å². The van der Waals surface area contributed by atoms with E-state index in [4.69, 9.17) is 0 Å². The maximum atomic E-state index is 13.8. The van der Waals surface area contributed by atoms with Crippen molar-refractivity contribution in [1.82, 2.24) is 15.1 Å². The number of nitrogens with one attached hydrogen (secondary N) is 1. The molecule has 1 aromatic carbocycles. The van der Waals surface area contributed by atoms with Gasteiger partial charge in [0, 0.05) is 36.0 Å². The number of aromatic nitrogens is 2. The van der Waals surface area contributed by atoms with E-state index in [0.717, 1.165) is 30.7 Å². The zero-order valence-corrected chi connectivity index (χ0v) is 13.0. The lowest BCUT2D eigenvalue weighted by atomic mass is 10.0. The number of amides is 1. The van der Waals surface area contributed by atoms with Gasteiger partial charge in [-0.05, 0) is 30.5 Å². The molecule has 1 N–H and O–H groups in total. The molecule has 0 saturated carbocycles. The van der Waals surface area contributed by atoms with E-state index < -0.39 is 0 Å². The van der Waals surface area contributed by atoms with Crippen molar-refractivity contribution in [3.8, 4) is 0 Å². The Morgan fingerprint density at radius 2 is 2.36 bits per heavy atom. The van der Waals surface area contributed by atoms with Crippen LogP contribution < -0.4 is 5.32 Å². The molecule has 1 amide bonds. The second kappa shape index (κ2) is 6.96. The van der Waals surface area contributed by atoms with Crippen LogP contribution in [0.25, 0.3) is 0 Å². The van der Waals surface area contributed by atoms with Crippen LogP contribution in [0.3, 0.4) is 0 Å². The third-order valence-corrected chi connectivity index (χ3v) is 4.87. The average molecular weight is 319 g/mol. The molecule has 2 aromatic rings. The highest BCUT2D eigenvalue weighted by Gasteiger charge is 2.24. The topological polar surface area (TPSA) is 46.9 Å². The van der Waals surface area contributed by atoms with Crippen LogP contribution in [0, 0.1) is 5.82 Å². The number of benzene rings is 1. The Balaban J connectivity index is 1.55. The number of aryl methyl sites for hydroxylation is 1. The van der Waals surface area contributed by atoms with Gasteiger partial charge in [-0.2, -0.15) is 5.10 Å². The Hall–Kier alpha value is -1.82. The molecule has 1 aliphatic heterocycles. The molecule has 0 spiro atoms. The first-order chi connectivity index (χ1) is 10.7. The molecule has 0 unspecified atom stereocenters. The minimum Gasteiger partial charge on any atom is -0.349 e. The molecule has 0 bridgehead atoms. The first-order valence-corrected chi connectivity index (χ1v) is 8.40. The molecule has 116 valence electrons. The Kier molecular flexibility index (Phi) is 4.77. The highest BCUT2D eigenvalue weighted by molar-refractivity contribution is 7.99. The van der Waals surface area contributed by atoms with Gasteiger partial charge < -0.3 is 5.32 Å². The number of fused-ring (bicyclic) bond motifs is 1. The molecular weight excluding hydrogens is 301 g/mol. The van der Waals surface area contributed by atoms with E-state index in [1.165, 1.54) is 17.8 Å². The van der Waals surface area contributed by atoms with E-state index in [2.05, 4.69) is 10.4 Å². The summed E-state index contributed by atoms with van der Waals surface area (Å²) in [4.78, 5) is 12.8. The zero-order valence-electron chi connectivity index (χ0n) is 12.2. The van der Waals surface area contributed by atoms with E-state index >= 15 is 0 Å². The van der Waals surface area contributed by atoms with Crippen LogP contribution in [0.4, 0.5) is 4.39 Å². The maximum absolute atomic E-state index is 13.8. The molecule has 4 nitrogen and oxygen atoms in total. The fourth-order valence-electron chi connectivity index (χ4n) is 2.64. The summed E-state index contributed by atoms with van der Waals surface area (Å²) >= 11 is 1.52. The summed E-state index contributed by atoms with van der Waals surface area (Å²) in [6.45, 7) is 0.728. The highest BCUT2D eigenvalue weighted by Crippen LogP contribution is 2.37. The standard InChI is InChI=1S/C16H18FN3OS/c17-13-5-1-4-12-14(7-11-22-16(12)13)19-15(21)6-2-9-20-10-3-8-18-20/h1,3-5,8,10,14H,2,6-7,9,11H2,(H,19,21)/t14-/m1/s1. The number of hydrogen-bond donors (Lipinski definition) is 1. The van der Waals surface area contributed by atoms with Crippen molar-refractivity contribution >= 4 is 17.7 Å². The normalized spacial score (nSPS) is 17.0. The summed E-state index contributed by atoms with van der Waals surface area (Å²) in [6, 6.07) is 6.87. The predicted octanol–water partition coefficient (Wildman–Crippen LogP) is 3.16. The molecule has 1 aliphatic rings. The summed E-state index contributed by atoms with van der Waals surface area (Å²) in [5.41, 5.74) is 0.900. The lowest BCUT2D eigenvalue weighted by Gasteiger charge is -2.26. The lowest BCUT2D eigenvalue weighted by Crippen LogP contribution is -2.30. The average Bonchev–Trinajstić information content (AvgIpc) is 3.02. The fraction of sp³-hybridized carbons (Fsp3) is 0.375. The minimum atomic E-state index is -0.194. The molecule has 22 heavy (non-hydrogen) atoms. The molecular formula is C16H18FN3OS. The number of hydrogen-bond acceptors (Lipinski definition) is 3. The molecule has 6 heteroatoms. The largest absolute Gasteiger partial charge is 0.349 e. The number of carbonyl (C=O) groups is 1. The van der Waals surface area contributed by atoms with Gasteiger partial charge in [0.1, 0.15) is 5.82 Å². The SMILES string of the molecule is O=C(CCCn1cccn1)N[C@@H]1CCSc2c(F)cccc21. The van der Waals surface area contributed by atoms with Gasteiger partial charge in [-0.15, -0.1) is 11.8 Å². The van der Waals surface area contributed by atoms with Crippen LogP contribution in [0.15, 0.2) is 41.6 Å². The first-order valence-electron chi connectivity index (χ1n) is 7.42. The van der Waals surface area contributed by atoms with Crippen LogP contribution in [0.5, 0.6) is 0 Å². The van der Waals surface area contributed by atoms with Crippen LogP contribution in [0.1, 0.15) is 30.9 Å². The van der Waals surface area contributed by atoms with Gasteiger partial charge in [-0.1, -0.05) is 12.1 Å². The van der Waals surface area contributed by atoms with Crippen LogP contribution in [0.2, 0.25) is 0 Å². The third-order valence-electron chi connectivity index (χ3n) is 3.71. The molecule has 1 atom stereocenters. The molecule has 0 aliphatic carbocycles. The quantitative estimate of drug-likeness (QED) is 0.921. The number of carbonyl (C=O) groups excluding carboxylic acids is 1. The number of thioether (sulfide) groups is 1.